The molecule has 0 radical (unpaired) electrons. The summed E-state index contributed by atoms with van der Waals surface area (Å²) in [5.74, 6) is -0.423. The summed E-state index contributed by atoms with van der Waals surface area (Å²) in [7, 11) is 0. The fourth-order valence-electron chi connectivity index (χ4n) is 1.65. The Balaban J connectivity index is 2.04. The van der Waals surface area contributed by atoms with Gasteiger partial charge in [-0.25, -0.2) is 0 Å². The molecular weight excluding hydrogens is 228 g/mol. The molecule has 0 bridgehead atoms. The summed E-state index contributed by atoms with van der Waals surface area (Å²) in [6.45, 7) is 1.40. The van der Waals surface area contributed by atoms with Crippen molar-refractivity contribution in [3.8, 4) is 5.69 Å². The van der Waals surface area contributed by atoms with Crippen molar-refractivity contribution in [3.63, 3.8) is 0 Å². The highest BCUT2D eigenvalue weighted by molar-refractivity contribution is 6.03. The third kappa shape index (κ3) is 3.07. The third-order valence-corrected chi connectivity index (χ3v) is 2.46. The Morgan fingerprint density at radius 1 is 1.11 bits per heavy atom. The van der Waals surface area contributed by atoms with E-state index < -0.39 is 0 Å². The van der Waals surface area contributed by atoms with E-state index in [-0.39, 0.29) is 18.1 Å². The average molecular weight is 242 g/mol. The molecule has 0 aliphatic heterocycles. The molecule has 18 heavy (non-hydrogen) atoms. The van der Waals surface area contributed by atoms with Crippen LogP contribution in [0.5, 0.6) is 0 Å². The molecule has 0 saturated carbocycles. The maximum atomic E-state index is 11.4. The molecule has 1 amide bonds. The van der Waals surface area contributed by atoms with E-state index in [9.17, 15) is 9.59 Å². The first-order chi connectivity index (χ1) is 8.65. The van der Waals surface area contributed by atoms with Gasteiger partial charge in [-0.2, -0.15) is 0 Å². The van der Waals surface area contributed by atoms with Gasteiger partial charge in [-0.3, -0.25) is 9.59 Å². The Morgan fingerprint density at radius 2 is 1.72 bits per heavy atom. The van der Waals surface area contributed by atoms with Crippen LogP contribution in [0.15, 0.2) is 48.8 Å². The van der Waals surface area contributed by atoms with Crippen molar-refractivity contribution < 1.29 is 9.59 Å². The number of anilines is 1. The molecule has 1 heterocycles. The lowest BCUT2D eigenvalue weighted by atomic mass is 10.2. The number of Topliss-reactive ketones (excluding diaryl/α,β-unsaturated/α-hetero) is 1. The smallest absolute Gasteiger partial charge is 0.231 e. The summed E-state index contributed by atoms with van der Waals surface area (Å²) in [5.41, 5.74) is 1.71. The van der Waals surface area contributed by atoms with Gasteiger partial charge < -0.3 is 9.88 Å². The zero-order valence-corrected chi connectivity index (χ0v) is 10.1. The Labute approximate surface area is 105 Å². The minimum absolute atomic E-state index is 0.0840. The van der Waals surface area contributed by atoms with E-state index in [1.807, 2.05) is 53.4 Å². The van der Waals surface area contributed by atoms with Gasteiger partial charge in [-0.05, 0) is 43.3 Å². The van der Waals surface area contributed by atoms with Crippen LogP contribution in [0.25, 0.3) is 5.69 Å². The van der Waals surface area contributed by atoms with Crippen LogP contribution in [0, 0.1) is 0 Å². The highest BCUT2D eigenvalue weighted by atomic mass is 16.2. The molecule has 0 fully saturated rings. The third-order valence-electron chi connectivity index (χ3n) is 2.46. The van der Waals surface area contributed by atoms with Gasteiger partial charge in [-0.15, -0.1) is 0 Å². The molecule has 2 aromatic rings. The van der Waals surface area contributed by atoms with Gasteiger partial charge in [0.15, 0.2) is 0 Å². The number of amides is 1. The summed E-state index contributed by atoms with van der Waals surface area (Å²) >= 11 is 0. The minimum atomic E-state index is -0.281. The van der Waals surface area contributed by atoms with Crippen LogP contribution < -0.4 is 5.32 Å². The Bertz CT molecular complexity index is 542. The van der Waals surface area contributed by atoms with Gasteiger partial charge in [0.2, 0.25) is 5.91 Å². The zero-order valence-electron chi connectivity index (χ0n) is 10.1. The van der Waals surface area contributed by atoms with Crippen LogP contribution in [0.1, 0.15) is 13.3 Å². The molecule has 0 unspecified atom stereocenters. The summed E-state index contributed by atoms with van der Waals surface area (Å²) < 4.78 is 1.97. The number of benzene rings is 1. The van der Waals surface area contributed by atoms with Gasteiger partial charge in [0.05, 0.1) is 6.42 Å². The number of carbonyl (C=O) groups excluding carboxylic acids is 2. The quantitative estimate of drug-likeness (QED) is 0.837. The molecule has 2 rings (SSSR count). The molecule has 1 aromatic carbocycles. The van der Waals surface area contributed by atoms with Gasteiger partial charge in [-0.1, -0.05) is 0 Å². The van der Waals surface area contributed by atoms with Crippen LogP contribution in [-0.2, 0) is 9.59 Å². The number of carbonyl (C=O) groups is 2. The lowest BCUT2D eigenvalue weighted by Gasteiger charge is -2.06. The van der Waals surface area contributed by atoms with Gasteiger partial charge in [0.25, 0.3) is 0 Å². The van der Waals surface area contributed by atoms with Crippen LogP contribution >= 0.6 is 0 Å². The standard InChI is InChI=1S/C14H14N2O2/c1-11(17)10-14(18)15-12-4-6-13(7-5-12)16-8-2-3-9-16/h2-9H,10H2,1H3,(H,15,18). The first-order valence-corrected chi connectivity index (χ1v) is 5.68. The lowest BCUT2D eigenvalue weighted by molar-refractivity contribution is -0.124. The molecule has 0 spiro atoms. The molecule has 0 aliphatic carbocycles. The van der Waals surface area contributed by atoms with Crippen LogP contribution in [0.4, 0.5) is 5.69 Å². The number of nitrogens with one attached hydrogen (secondary N) is 1. The van der Waals surface area contributed by atoms with Crippen molar-refractivity contribution in [1.82, 2.24) is 4.57 Å². The lowest BCUT2D eigenvalue weighted by Crippen LogP contribution is -2.14. The van der Waals surface area contributed by atoms with Crippen molar-refractivity contribution in [2.24, 2.45) is 0 Å². The minimum Gasteiger partial charge on any atom is -0.326 e. The number of nitrogens with zero attached hydrogens (tertiary/aromatic N) is 1. The van der Waals surface area contributed by atoms with Crippen LogP contribution in [0.3, 0.4) is 0 Å². The second-order valence-electron chi connectivity index (χ2n) is 4.06. The van der Waals surface area contributed by atoms with E-state index in [0.717, 1.165) is 5.69 Å². The number of aromatic nitrogens is 1. The molecule has 1 aromatic heterocycles. The Hall–Kier alpha value is -2.36. The van der Waals surface area contributed by atoms with Crippen molar-refractivity contribution in [1.29, 1.82) is 0 Å². The van der Waals surface area contributed by atoms with Crippen molar-refractivity contribution in [3.05, 3.63) is 48.8 Å². The number of hydrogen-bond acceptors (Lipinski definition) is 2. The van der Waals surface area contributed by atoms with Crippen molar-refractivity contribution >= 4 is 17.4 Å². The number of rotatable bonds is 4. The van der Waals surface area contributed by atoms with Gasteiger partial charge >= 0.3 is 0 Å². The second kappa shape index (κ2) is 5.31. The van der Waals surface area contributed by atoms with E-state index >= 15 is 0 Å². The molecule has 4 heteroatoms. The maximum Gasteiger partial charge on any atom is 0.231 e. The molecule has 0 aliphatic rings. The summed E-state index contributed by atoms with van der Waals surface area (Å²) in [5, 5.41) is 2.68. The van der Waals surface area contributed by atoms with Crippen LogP contribution in [-0.4, -0.2) is 16.3 Å². The molecule has 1 N–H and O–H groups in total. The number of hydrogen-bond donors (Lipinski definition) is 1. The van der Waals surface area contributed by atoms with Crippen molar-refractivity contribution in [2.45, 2.75) is 13.3 Å². The molecule has 4 nitrogen and oxygen atoms in total. The van der Waals surface area contributed by atoms with E-state index in [0.29, 0.717) is 5.69 Å². The molecule has 0 saturated heterocycles. The normalized spacial score (nSPS) is 10.1. The average Bonchev–Trinajstić information content (AvgIpc) is 2.82. The summed E-state index contributed by atoms with van der Waals surface area (Å²) in [6.07, 6.45) is 3.81. The van der Waals surface area contributed by atoms with E-state index in [1.165, 1.54) is 6.92 Å². The molecule has 92 valence electrons. The Kier molecular flexibility index (Phi) is 3.57. The van der Waals surface area contributed by atoms with E-state index in [4.69, 9.17) is 0 Å². The summed E-state index contributed by atoms with van der Waals surface area (Å²) in [6, 6.07) is 11.3. The monoisotopic (exact) mass is 242 g/mol. The van der Waals surface area contributed by atoms with Crippen molar-refractivity contribution in [2.75, 3.05) is 5.32 Å². The molecular formula is C14H14N2O2. The zero-order chi connectivity index (χ0) is 13.0. The topological polar surface area (TPSA) is 51.1 Å². The number of ketones is 1. The van der Waals surface area contributed by atoms with E-state index in [2.05, 4.69) is 5.32 Å². The SMILES string of the molecule is CC(=O)CC(=O)Nc1ccc(-n2cccc2)cc1. The highest BCUT2D eigenvalue weighted by Crippen LogP contribution is 2.13. The maximum absolute atomic E-state index is 11.4. The molecule has 0 atom stereocenters. The first-order valence-electron chi connectivity index (χ1n) is 5.68. The second-order valence-corrected chi connectivity index (χ2v) is 4.06. The predicted molar refractivity (Wildman–Crippen MR) is 69.7 cm³/mol. The first kappa shape index (κ1) is 12.1. The summed E-state index contributed by atoms with van der Waals surface area (Å²) in [4.78, 5) is 22.2. The van der Waals surface area contributed by atoms with Gasteiger partial charge in [0.1, 0.15) is 5.78 Å². The van der Waals surface area contributed by atoms with E-state index in [1.54, 1.807) is 0 Å². The van der Waals surface area contributed by atoms with Crippen LogP contribution in [0.2, 0.25) is 0 Å². The highest BCUT2D eigenvalue weighted by Gasteiger charge is 2.05. The Morgan fingerprint density at radius 3 is 2.28 bits per heavy atom. The largest absolute Gasteiger partial charge is 0.326 e. The fourth-order valence-corrected chi connectivity index (χ4v) is 1.65. The predicted octanol–water partition coefficient (Wildman–Crippen LogP) is 2.39. The fraction of sp³-hybridized carbons (Fsp3) is 0.143. The van der Waals surface area contributed by atoms with Gasteiger partial charge in [0, 0.05) is 23.8 Å².